The maximum atomic E-state index is 11.8. The second-order valence-electron chi connectivity index (χ2n) is 4.18. The minimum absolute atomic E-state index is 0.133. The van der Waals surface area contributed by atoms with E-state index in [9.17, 15) is 4.79 Å². The highest BCUT2D eigenvalue weighted by Gasteiger charge is 2.06. The van der Waals surface area contributed by atoms with E-state index in [0.717, 1.165) is 16.8 Å². The Bertz CT molecular complexity index is 652. The van der Waals surface area contributed by atoms with Gasteiger partial charge in [0, 0.05) is 17.4 Å². The number of hydrogen-bond donors (Lipinski definition) is 2. The van der Waals surface area contributed by atoms with Crippen LogP contribution >= 0.6 is 0 Å². The van der Waals surface area contributed by atoms with Gasteiger partial charge in [-0.1, -0.05) is 17.1 Å². The maximum Gasteiger partial charge on any atom is 0.246 e. The van der Waals surface area contributed by atoms with Crippen LogP contribution in [0.3, 0.4) is 0 Å². The van der Waals surface area contributed by atoms with E-state index in [1.54, 1.807) is 6.20 Å². The fourth-order valence-electron chi connectivity index (χ4n) is 1.69. The standard InChI is InChI=1S/C14H15N5O/c1-11-9-12(3-2-6-15)4-5-13(11)17-14(20)10-19-8-7-16-18-19/h4-5,7-9H,6,10,15H2,1H3,(H,17,20). The number of nitrogens with one attached hydrogen (secondary N) is 1. The summed E-state index contributed by atoms with van der Waals surface area (Å²) >= 11 is 0. The number of carbonyl (C=O) groups excluding carboxylic acids is 1. The average Bonchev–Trinajstić information content (AvgIpc) is 2.92. The summed E-state index contributed by atoms with van der Waals surface area (Å²) in [6.45, 7) is 2.38. The Morgan fingerprint density at radius 2 is 2.35 bits per heavy atom. The molecule has 0 saturated carbocycles. The first kappa shape index (κ1) is 13.8. The fourth-order valence-corrected chi connectivity index (χ4v) is 1.69. The van der Waals surface area contributed by atoms with E-state index in [2.05, 4.69) is 27.5 Å². The number of nitrogens with two attached hydrogens (primary N) is 1. The lowest BCUT2D eigenvalue weighted by molar-refractivity contribution is -0.116. The van der Waals surface area contributed by atoms with Crippen LogP contribution in [0.15, 0.2) is 30.6 Å². The van der Waals surface area contributed by atoms with Gasteiger partial charge in [-0.05, 0) is 30.7 Å². The first-order valence-corrected chi connectivity index (χ1v) is 6.12. The Morgan fingerprint density at radius 1 is 1.50 bits per heavy atom. The van der Waals surface area contributed by atoms with Crippen LogP contribution in [0.2, 0.25) is 0 Å². The van der Waals surface area contributed by atoms with Crippen molar-refractivity contribution in [2.45, 2.75) is 13.5 Å². The van der Waals surface area contributed by atoms with Crippen LogP contribution in [0.4, 0.5) is 5.69 Å². The number of rotatable bonds is 3. The summed E-state index contributed by atoms with van der Waals surface area (Å²) in [5.41, 5.74) is 7.91. The monoisotopic (exact) mass is 269 g/mol. The molecule has 0 spiro atoms. The van der Waals surface area contributed by atoms with Gasteiger partial charge in [0.05, 0.1) is 12.7 Å². The number of hydrogen-bond acceptors (Lipinski definition) is 4. The van der Waals surface area contributed by atoms with Crippen LogP contribution in [-0.2, 0) is 11.3 Å². The quantitative estimate of drug-likeness (QED) is 0.796. The van der Waals surface area contributed by atoms with Gasteiger partial charge in [0.1, 0.15) is 6.54 Å². The van der Waals surface area contributed by atoms with Crippen LogP contribution in [0, 0.1) is 18.8 Å². The first-order valence-electron chi connectivity index (χ1n) is 6.12. The Kier molecular flexibility index (Phi) is 4.47. The van der Waals surface area contributed by atoms with Crippen molar-refractivity contribution in [2.75, 3.05) is 11.9 Å². The zero-order chi connectivity index (χ0) is 14.4. The molecule has 0 aliphatic heterocycles. The smallest absolute Gasteiger partial charge is 0.246 e. The molecule has 0 fully saturated rings. The summed E-state index contributed by atoms with van der Waals surface area (Å²) in [5, 5.41) is 10.2. The Hall–Kier alpha value is -2.65. The molecule has 0 unspecified atom stereocenters. The van der Waals surface area contributed by atoms with Crippen molar-refractivity contribution < 1.29 is 4.79 Å². The second-order valence-corrected chi connectivity index (χ2v) is 4.18. The van der Waals surface area contributed by atoms with E-state index in [-0.39, 0.29) is 12.5 Å². The van der Waals surface area contributed by atoms with E-state index >= 15 is 0 Å². The van der Waals surface area contributed by atoms with Gasteiger partial charge in [-0.3, -0.25) is 4.79 Å². The summed E-state index contributed by atoms with van der Waals surface area (Å²) in [5.74, 6) is 5.59. The Labute approximate surface area is 117 Å². The molecule has 1 amide bonds. The molecule has 1 heterocycles. The minimum atomic E-state index is -0.153. The van der Waals surface area contributed by atoms with Crippen LogP contribution in [-0.4, -0.2) is 27.4 Å². The first-order chi connectivity index (χ1) is 9.69. The molecule has 0 aliphatic carbocycles. The van der Waals surface area contributed by atoms with Gasteiger partial charge in [0.15, 0.2) is 0 Å². The van der Waals surface area contributed by atoms with E-state index in [1.807, 2.05) is 25.1 Å². The van der Waals surface area contributed by atoms with Gasteiger partial charge < -0.3 is 11.1 Å². The minimum Gasteiger partial charge on any atom is -0.324 e. The second kappa shape index (κ2) is 6.50. The average molecular weight is 269 g/mol. The van der Waals surface area contributed by atoms with Crippen molar-refractivity contribution in [2.24, 2.45) is 5.73 Å². The third-order valence-electron chi connectivity index (χ3n) is 2.61. The molecular weight excluding hydrogens is 254 g/mol. The molecule has 3 N–H and O–H groups in total. The zero-order valence-electron chi connectivity index (χ0n) is 11.1. The molecule has 2 rings (SSSR count). The SMILES string of the molecule is Cc1cc(C#CCN)ccc1NC(=O)Cn1ccnn1. The van der Waals surface area contributed by atoms with Gasteiger partial charge in [0.25, 0.3) is 0 Å². The topological polar surface area (TPSA) is 85.8 Å². The third-order valence-corrected chi connectivity index (χ3v) is 2.61. The summed E-state index contributed by atoms with van der Waals surface area (Å²) in [6, 6.07) is 5.59. The largest absolute Gasteiger partial charge is 0.324 e. The van der Waals surface area contributed by atoms with Crippen molar-refractivity contribution in [3.8, 4) is 11.8 Å². The maximum absolute atomic E-state index is 11.8. The lowest BCUT2D eigenvalue weighted by Gasteiger charge is -2.08. The number of carbonyl (C=O) groups is 1. The highest BCUT2D eigenvalue weighted by Crippen LogP contribution is 2.16. The third kappa shape index (κ3) is 3.67. The van der Waals surface area contributed by atoms with Gasteiger partial charge >= 0.3 is 0 Å². The fraction of sp³-hybridized carbons (Fsp3) is 0.214. The molecule has 1 aromatic heterocycles. The van der Waals surface area contributed by atoms with Crippen LogP contribution < -0.4 is 11.1 Å². The molecule has 102 valence electrons. The van der Waals surface area contributed by atoms with Crippen molar-refractivity contribution in [1.29, 1.82) is 0 Å². The number of amides is 1. The van der Waals surface area contributed by atoms with E-state index < -0.39 is 0 Å². The normalized spacial score (nSPS) is 9.70. The van der Waals surface area contributed by atoms with Crippen LogP contribution in [0.25, 0.3) is 0 Å². The van der Waals surface area contributed by atoms with Crippen molar-refractivity contribution in [1.82, 2.24) is 15.0 Å². The van der Waals surface area contributed by atoms with Gasteiger partial charge in [-0.2, -0.15) is 0 Å². The predicted octanol–water partition coefficient (Wildman–Crippen LogP) is 0.535. The molecule has 20 heavy (non-hydrogen) atoms. The molecule has 2 aromatic rings. The van der Waals surface area contributed by atoms with Crippen molar-refractivity contribution >= 4 is 11.6 Å². The van der Waals surface area contributed by atoms with Crippen LogP contribution in [0.5, 0.6) is 0 Å². The van der Waals surface area contributed by atoms with Gasteiger partial charge in [-0.15, -0.1) is 5.10 Å². The van der Waals surface area contributed by atoms with Gasteiger partial charge in [-0.25, -0.2) is 4.68 Å². The summed E-state index contributed by atoms with van der Waals surface area (Å²) in [4.78, 5) is 11.8. The number of anilines is 1. The number of aromatic nitrogens is 3. The molecular formula is C14H15N5O. The zero-order valence-corrected chi connectivity index (χ0v) is 11.1. The number of aryl methyl sites for hydroxylation is 1. The summed E-state index contributed by atoms with van der Waals surface area (Å²) < 4.78 is 1.46. The molecule has 1 aromatic carbocycles. The van der Waals surface area contributed by atoms with E-state index in [1.165, 1.54) is 10.9 Å². The molecule has 0 bridgehead atoms. The molecule has 0 atom stereocenters. The molecule has 0 aliphatic rings. The van der Waals surface area contributed by atoms with E-state index in [0.29, 0.717) is 6.54 Å². The van der Waals surface area contributed by atoms with Crippen LogP contribution in [0.1, 0.15) is 11.1 Å². The lowest BCUT2D eigenvalue weighted by atomic mass is 10.1. The Morgan fingerprint density at radius 3 is 3.00 bits per heavy atom. The number of benzene rings is 1. The van der Waals surface area contributed by atoms with Crippen molar-refractivity contribution in [3.63, 3.8) is 0 Å². The van der Waals surface area contributed by atoms with Gasteiger partial charge in [0.2, 0.25) is 5.91 Å². The molecule has 6 nitrogen and oxygen atoms in total. The molecule has 0 radical (unpaired) electrons. The van der Waals surface area contributed by atoms with E-state index in [4.69, 9.17) is 5.73 Å². The lowest BCUT2D eigenvalue weighted by Crippen LogP contribution is -2.19. The molecule has 0 saturated heterocycles. The summed E-state index contributed by atoms with van der Waals surface area (Å²) in [7, 11) is 0. The summed E-state index contributed by atoms with van der Waals surface area (Å²) in [6.07, 6.45) is 3.17. The predicted molar refractivity (Wildman–Crippen MR) is 75.8 cm³/mol. The van der Waals surface area contributed by atoms with Crippen molar-refractivity contribution in [3.05, 3.63) is 41.7 Å². The Balaban J connectivity index is 2.04. The highest BCUT2D eigenvalue weighted by atomic mass is 16.2. The molecule has 6 heteroatoms. The number of nitrogens with zero attached hydrogens (tertiary/aromatic N) is 3. The highest BCUT2D eigenvalue weighted by molar-refractivity contribution is 5.91.